The molecule has 0 bridgehead atoms. The molecule has 5 nitrogen and oxygen atoms in total. The second-order valence-corrected chi connectivity index (χ2v) is 6.68. The first-order valence-corrected chi connectivity index (χ1v) is 9.71. The molecule has 0 spiro atoms. The summed E-state index contributed by atoms with van der Waals surface area (Å²) in [6, 6.07) is 18.7. The minimum absolute atomic E-state index is 0.554. The Morgan fingerprint density at radius 2 is 1.96 bits per heavy atom. The highest BCUT2D eigenvalue weighted by Crippen LogP contribution is 2.22. The van der Waals surface area contributed by atoms with Gasteiger partial charge in [-0.15, -0.1) is 0 Å². The van der Waals surface area contributed by atoms with Crippen LogP contribution in [0.4, 0.5) is 0 Å². The molecule has 0 fully saturated rings. The van der Waals surface area contributed by atoms with Gasteiger partial charge in [0.2, 0.25) is 0 Å². The molecule has 0 aliphatic carbocycles. The fourth-order valence-electron chi connectivity index (χ4n) is 3.28. The quantitative estimate of drug-likeness (QED) is 0.454. The van der Waals surface area contributed by atoms with E-state index in [1.54, 1.807) is 7.11 Å². The summed E-state index contributed by atoms with van der Waals surface area (Å²) in [6.45, 7) is 3.67. The fraction of sp³-hybridized carbons (Fsp3) is 0.348. The van der Waals surface area contributed by atoms with E-state index in [1.807, 2.05) is 19.2 Å². The highest BCUT2D eigenvalue weighted by atomic mass is 16.5. The molecule has 148 valence electrons. The molecule has 1 aliphatic rings. The van der Waals surface area contributed by atoms with Gasteiger partial charge in [0.25, 0.3) is 0 Å². The second kappa shape index (κ2) is 10.5. The number of hydrogen-bond acceptors (Lipinski definition) is 3. The number of benzene rings is 2. The van der Waals surface area contributed by atoms with Crippen molar-refractivity contribution in [3.63, 3.8) is 0 Å². The van der Waals surface area contributed by atoms with Crippen LogP contribution in [0.15, 0.2) is 65.7 Å². The first kappa shape index (κ1) is 20.0. The van der Waals surface area contributed by atoms with Crippen molar-refractivity contribution in [2.24, 2.45) is 4.99 Å². The van der Waals surface area contributed by atoms with Crippen LogP contribution in [0.1, 0.15) is 17.5 Å². The number of aliphatic imine (C=N–C) groups is 1. The minimum atomic E-state index is 0.554. The molecule has 3 rings (SSSR count). The lowest BCUT2D eigenvalue weighted by atomic mass is 10.00. The van der Waals surface area contributed by atoms with Crippen molar-refractivity contribution < 1.29 is 9.47 Å². The zero-order valence-electron chi connectivity index (χ0n) is 16.7. The molecule has 1 N–H and O–H groups in total. The zero-order valence-corrected chi connectivity index (χ0v) is 16.7. The van der Waals surface area contributed by atoms with Crippen molar-refractivity contribution in [1.82, 2.24) is 10.2 Å². The van der Waals surface area contributed by atoms with Crippen LogP contribution in [0.2, 0.25) is 0 Å². The smallest absolute Gasteiger partial charge is 0.194 e. The topological polar surface area (TPSA) is 46.1 Å². The molecular weight excluding hydrogens is 350 g/mol. The number of nitrogens with one attached hydrogen (secondary N) is 1. The molecule has 0 unspecified atom stereocenters. The van der Waals surface area contributed by atoms with Gasteiger partial charge in [0.05, 0.1) is 6.61 Å². The Bertz CT molecular complexity index is 803. The summed E-state index contributed by atoms with van der Waals surface area (Å²) in [5.74, 6) is 1.79. The summed E-state index contributed by atoms with van der Waals surface area (Å²) in [4.78, 5) is 6.75. The summed E-state index contributed by atoms with van der Waals surface area (Å²) in [6.07, 6.45) is 3.32. The summed E-state index contributed by atoms with van der Waals surface area (Å²) < 4.78 is 10.7. The van der Waals surface area contributed by atoms with E-state index in [4.69, 9.17) is 9.47 Å². The summed E-state index contributed by atoms with van der Waals surface area (Å²) >= 11 is 0. The number of ether oxygens (including phenoxy) is 2. The first-order chi connectivity index (χ1) is 13.8. The van der Waals surface area contributed by atoms with Crippen LogP contribution in [-0.2, 0) is 11.3 Å². The maximum atomic E-state index is 5.69. The van der Waals surface area contributed by atoms with Gasteiger partial charge < -0.3 is 19.7 Å². The van der Waals surface area contributed by atoms with Crippen LogP contribution in [-0.4, -0.2) is 51.3 Å². The molecule has 1 heterocycles. The predicted molar refractivity (Wildman–Crippen MR) is 115 cm³/mol. The van der Waals surface area contributed by atoms with E-state index >= 15 is 0 Å². The molecule has 0 radical (unpaired) electrons. The van der Waals surface area contributed by atoms with Gasteiger partial charge in [0, 0.05) is 33.8 Å². The molecule has 0 aromatic heterocycles. The van der Waals surface area contributed by atoms with Gasteiger partial charge in [0.15, 0.2) is 5.96 Å². The largest absolute Gasteiger partial charge is 0.491 e. The van der Waals surface area contributed by atoms with Crippen LogP contribution in [0.3, 0.4) is 0 Å². The number of methoxy groups -OCH3 is 1. The van der Waals surface area contributed by atoms with E-state index in [2.05, 4.69) is 63.7 Å². The van der Waals surface area contributed by atoms with Gasteiger partial charge in [-0.3, -0.25) is 4.99 Å². The summed E-state index contributed by atoms with van der Waals surface area (Å²) in [5, 5.41) is 3.47. The standard InChI is InChI=1S/C23H29N3O2/c1-24-23(25-18-19-7-6-10-22(17-19)28-16-15-27-2)26-13-11-21(12-14-26)20-8-4-3-5-9-20/h3-11,17H,12-16,18H2,1-2H3,(H,24,25). The lowest BCUT2D eigenvalue weighted by molar-refractivity contribution is 0.146. The molecule has 28 heavy (non-hydrogen) atoms. The average molecular weight is 380 g/mol. The van der Waals surface area contributed by atoms with E-state index in [1.165, 1.54) is 11.1 Å². The Balaban J connectivity index is 1.54. The Morgan fingerprint density at radius 3 is 2.68 bits per heavy atom. The summed E-state index contributed by atoms with van der Waals surface area (Å²) in [5.41, 5.74) is 3.89. The summed E-state index contributed by atoms with van der Waals surface area (Å²) in [7, 11) is 3.51. The normalized spacial score (nSPS) is 14.6. The molecule has 0 amide bonds. The van der Waals surface area contributed by atoms with Crippen molar-refractivity contribution in [2.75, 3.05) is 40.5 Å². The molecular formula is C23H29N3O2. The van der Waals surface area contributed by atoms with E-state index in [9.17, 15) is 0 Å². The fourth-order valence-corrected chi connectivity index (χ4v) is 3.28. The average Bonchev–Trinajstić information content (AvgIpc) is 2.76. The van der Waals surface area contributed by atoms with E-state index < -0.39 is 0 Å². The van der Waals surface area contributed by atoms with Gasteiger partial charge in [0.1, 0.15) is 12.4 Å². The number of nitrogens with zero attached hydrogens (tertiary/aromatic N) is 2. The Kier molecular flexibility index (Phi) is 7.50. The van der Waals surface area contributed by atoms with E-state index in [-0.39, 0.29) is 0 Å². The van der Waals surface area contributed by atoms with E-state index in [0.29, 0.717) is 19.8 Å². The lowest BCUT2D eigenvalue weighted by Crippen LogP contribution is -2.43. The van der Waals surface area contributed by atoms with Crippen molar-refractivity contribution in [1.29, 1.82) is 0 Å². The van der Waals surface area contributed by atoms with Crippen molar-refractivity contribution >= 4 is 11.5 Å². The van der Waals surface area contributed by atoms with Crippen LogP contribution >= 0.6 is 0 Å². The minimum Gasteiger partial charge on any atom is -0.491 e. The van der Waals surface area contributed by atoms with Crippen LogP contribution in [0, 0.1) is 0 Å². The number of hydrogen-bond donors (Lipinski definition) is 1. The van der Waals surface area contributed by atoms with Crippen LogP contribution in [0.5, 0.6) is 5.75 Å². The molecule has 0 saturated carbocycles. The molecule has 2 aromatic rings. The van der Waals surface area contributed by atoms with Gasteiger partial charge in [-0.25, -0.2) is 0 Å². The van der Waals surface area contributed by atoms with Gasteiger partial charge in [-0.2, -0.15) is 0 Å². The van der Waals surface area contributed by atoms with Gasteiger partial charge in [-0.05, 0) is 35.3 Å². The van der Waals surface area contributed by atoms with Crippen molar-refractivity contribution in [2.45, 2.75) is 13.0 Å². The molecule has 1 aliphatic heterocycles. The third kappa shape index (κ3) is 5.60. The monoisotopic (exact) mass is 379 g/mol. The van der Waals surface area contributed by atoms with Crippen LogP contribution < -0.4 is 10.1 Å². The Morgan fingerprint density at radius 1 is 1.11 bits per heavy atom. The molecule has 0 atom stereocenters. The Hall–Kier alpha value is -2.79. The van der Waals surface area contributed by atoms with Crippen molar-refractivity contribution in [3.8, 4) is 5.75 Å². The maximum Gasteiger partial charge on any atom is 0.194 e. The number of guanidine groups is 1. The second-order valence-electron chi connectivity index (χ2n) is 6.68. The maximum absolute atomic E-state index is 5.69. The van der Waals surface area contributed by atoms with Crippen molar-refractivity contribution in [3.05, 3.63) is 71.8 Å². The molecule has 5 heteroatoms. The van der Waals surface area contributed by atoms with Gasteiger partial charge >= 0.3 is 0 Å². The molecule has 0 saturated heterocycles. The zero-order chi connectivity index (χ0) is 19.6. The van der Waals surface area contributed by atoms with Crippen LogP contribution in [0.25, 0.3) is 5.57 Å². The number of rotatable bonds is 7. The highest BCUT2D eigenvalue weighted by Gasteiger charge is 2.16. The third-order valence-corrected chi connectivity index (χ3v) is 4.77. The first-order valence-electron chi connectivity index (χ1n) is 9.71. The lowest BCUT2D eigenvalue weighted by Gasteiger charge is -2.30. The van der Waals surface area contributed by atoms with Gasteiger partial charge in [-0.1, -0.05) is 48.5 Å². The highest BCUT2D eigenvalue weighted by molar-refractivity contribution is 5.81. The Labute approximate surface area is 167 Å². The van der Waals surface area contributed by atoms with E-state index in [0.717, 1.165) is 36.8 Å². The SMILES string of the molecule is CN=C(NCc1cccc(OCCOC)c1)N1CC=C(c2ccccc2)CC1. The predicted octanol–water partition coefficient (Wildman–Crippen LogP) is 3.58. The molecule has 2 aromatic carbocycles. The third-order valence-electron chi connectivity index (χ3n) is 4.77.